The molecule has 2 heterocycles. The maximum absolute atomic E-state index is 14.4. The van der Waals surface area contributed by atoms with E-state index in [1.165, 1.54) is 13.2 Å². The molecule has 0 amide bonds. The number of pyridine rings is 1. The lowest BCUT2D eigenvalue weighted by molar-refractivity contribution is -0.142. The fraction of sp³-hybridized carbons (Fsp3) is 0.125. The number of alkyl halides is 3. The van der Waals surface area contributed by atoms with Gasteiger partial charge in [-0.25, -0.2) is 9.37 Å². The third-order valence-corrected chi connectivity index (χ3v) is 3.89. The molecule has 4 nitrogen and oxygen atoms in total. The second-order valence-corrected chi connectivity index (χ2v) is 5.42. The van der Waals surface area contributed by atoms with Gasteiger partial charge in [-0.3, -0.25) is 4.40 Å². The van der Waals surface area contributed by atoms with Crippen molar-refractivity contribution in [2.45, 2.75) is 6.18 Å². The van der Waals surface area contributed by atoms with Crippen LogP contribution < -0.4 is 4.74 Å². The summed E-state index contributed by atoms with van der Waals surface area (Å²) < 4.78 is 59.9. The number of fused-ring (bicyclic) bond motifs is 1. The first-order valence-corrected chi connectivity index (χ1v) is 7.16. The van der Waals surface area contributed by atoms with Gasteiger partial charge in [0.1, 0.15) is 22.9 Å². The van der Waals surface area contributed by atoms with E-state index in [0.29, 0.717) is 6.07 Å². The highest BCUT2D eigenvalue weighted by molar-refractivity contribution is 6.32. The van der Waals surface area contributed by atoms with Gasteiger partial charge in [-0.2, -0.15) is 18.4 Å². The average molecular weight is 370 g/mol. The largest absolute Gasteiger partial charge is 0.495 e. The van der Waals surface area contributed by atoms with Crippen LogP contribution in [-0.4, -0.2) is 16.5 Å². The smallest absolute Gasteiger partial charge is 0.431 e. The lowest BCUT2D eigenvalue weighted by atomic mass is 9.99. The van der Waals surface area contributed by atoms with Crippen LogP contribution in [0.15, 0.2) is 30.6 Å². The molecule has 3 aromatic rings. The number of benzene rings is 1. The molecular formula is C16H8ClF4N3O. The van der Waals surface area contributed by atoms with Gasteiger partial charge in [0.2, 0.25) is 0 Å². The average Bonchev–Trinajstić information content (AvgIpc) is 3.02. The Balaban J connectivity index is 2.43. The molecule has 3 rings (SSSR count). The molecular weight excluding hydrogens is 362 g/mol. The second kappa shape index (κ2) is 5.93. The van der Waals surface area contributed by atoms with Crippen LogP contribution in [0.2, 0.25) is 5.02 Å². The molecule has 9 heteroatoms. The summed E-state index contributed by atoms with van der Waals surface area (Å²) in [6.45, 7) is 0. The summed E-state index contributed by atoms with van der Waals surface area (Å²) in [6, 6.07) is 4.52. The summed E-state index contributed by atoms with van der Waals surface area (Å²) in [5.41, 5.74) is -1.86. The standard InChI is InChI=1S/C16H8ClF4N3O/c1-25-12-5-9(11(18)6-10(12)17)14-8(7-22)4-13(16(19,20)21)24-3-2-23-15(14)24/h2-6H,1H3. The Morgan fingerprint density at radius 3 is 2.60 bits per heavy atom. The Kier molecular flexibility index (Phi) is 4.05. The molecule has 1 aromatic carbocycles. The fourth-order valence-electron chi connectivity index (χ4n) is 2.53. The van der Waals surface area contributed by atoms with Crippen LogP contribution in [0.25, 0.3) is 16.8 Å². The first-order chi connectivity index (χ1) is 11.8. The van der Waals surface area contributed by atoms with Crippen LogP contribution >= 0.6 is 11.6 Å². The van der Waals surface area contributed by atoms with Gasteiger partial charge in [-0.15, -0.1) is 0 Å². The highest BCUT2D eigenvalue weighted by atomic mass is 35.5. The van der Waals surface area contributed by atoms with Crippen LogP contribution in [0.3, 0.4) is 0 Å². The van der Waals surface area contributed by atoms with Gasteiger partial charge in [-0.1, -0.05) is 11.6 Å². The number of hydrogen-bond donors (Lipinski definition) is 0. The van der Waals surface area contributed by atoms with Crippen molar-refractivity contribution in [3.05, 3.63) is 52.7 Å². The number of nitrogens with zero attached hydrogens (tertiary/aromatic N) is 3. The van der Waals surface area contributed by atoms with E-state index in [2.05, 4.69) is 4.98 Å². The van der Waals surface area contributed by atoms with E-state index < -0.39 is 17.7 Å². The van der Waals surface area contributed by atoms with E-state index >= 15 is 0 Å². The molecule has 0 aliphatic heterocycles. The first kappa shape index (κ1) is 17.0. The number of ether oxygens (including phenoxy) is 1. The molecule has 0 spiro atoms. The number of imidazole rings is 1. The maximum atomic E-state index is 14.4. The van der Waals surface area contributed by atoms with E-state index in [1.54, 1.807) is 6.07 Å². The topological polar surface area (TPSA) is 50.3 Å². The number of nitriles is 1. The molecule has 25 heavy (non-hydrogen) atoms. The molecule has 0 radical (unpaired) electrons. The van der Waals surface area contributed by atoms with Crippen LogP contribution in [0.5, 0.6) is 5.75 Å². The van der Waals surface area contributed by atoms with Gasteiger partial charge in [0, 0.05) is 23.5 Å². The molecule has 128 valence electrons. The van der Waals surface area contributed by atoms with Crippen LogP contribution in [0, 0.1) is 17.1 Å². The number of hydrogen-bond acceptors (Lipinski definition) is 3. The molecule has 0 aliphatic rings. The second-order valence-electron chi connectivity index (χ2n) is 5.02. The highest BCUT2D eigenvalue weighted by Gasteiger charge is 2.35. The van der Waals surface area contributed by atoms with Gasteiger partial charge >= 0.3 is 6.18 Å². The van der Waals surface area contributed by atoms with Crippen molar-refractivity contribution in [2.75, 3.05) is 7.11 Å². The van der Waals surface area contributed by atoms with E-state index in [4.69, 9.17) is 16.3 Å². The normalized spacial score (nSPS) is 11.6. The Bertz CT molecular complexity index is 1020. The molecule has 0 bridgehead atoms. The van der Waals surface area contributed by atoms with Crippen molar-refractivity contribution in [3.8, 4) is 22.9 Å². The third kappa shape index (κ3) is 2.76. The zero-order valence-corrected chi connectivity index (χ0v) is 13.3. The van der Waals surface area contributed by atoms with Crippen LogP contribution in [-0.2, 0) is 6.18 Å². The summed E-state index contributed by atoms with van der Waals surface area (Å²) in [7, 11) is 1.31. The minimum Gasteiger partial charge on any atom is -0.495 e. The summed E-state index contributed by atoms with van der Waals surface area (Å²) in [5.74, 6) is -0.696. The fourth-order valence-corrected chi connectivity index (χ4v) is 2.76. The van der Waals surface area contributed by atoms with Crippen molar-refractivity contribution >= 4 is 17.2 Å². The summed E-state index contributed by atoms with van der Waals surface area (Å²) >= 11 is 5.85. The van der Waals surface area contributed by atoms with Gasteiger partial charge in [0.25, 0.3) is 0 Å². The zero-order valence-electron chi connectivity index (χ0n) is 12.5. The van der Waals surface area contributed by atoms with E-state index in [1.807, 2.05) is 0 Å². The van der Waals surface area contributed by atoms with Crippen molar-refractivity contribution in [3.63, 3.8) is 0 Å². The number of rotatable bonds is 2. The molecule has 0 atom stereocenters. The molecule has 0 saturated carbocycles. The van der Waals surface area contributed by atoms with Crippen molar-refractivity contribution in [2.24, 2.45) is 0 Å². The quantitative estimate of drug-likeness (QED) is 0.616. The Hall–Kier alpha value is -2.79. The summed E-state index contributed by atoms with van der Waals surface area (Å²) in [4.78, 5) is 3.87. The van der Waals surface area contributed by atoms with E-state index in [-0.39, 0.29) is 33.1 Å². The zero-order chi connectivity index (χ0) is 18.4. The monoisotopic (exact) mass is 369 g/mol. The predicted octanol–water partition coefficient (Wildman–Crippen LogP) is 4.69. The predicted molar refractivity (Wildman–Crippen MR) is 81.9 cm³/mol. The van der Waals surface area contributed by atoms with Gasteiger partial charge in [-0.05, 0) is 18.2 Å². The number of aromatic nitrogens is 2. The van der Waals surface area contributed by atoms with Crippen molar-refractivity contribution in [1.29, 1.82) is 5.26 Å². The van der Waals surface area contributed by atoms with Crippen LogP contribution in [0.4, 0.5) is 17.6 Å². The number of methoxy groups -OCH3 is 1. The van der Waals surface area contributed by atoms with E-state index in [0.717, 1.165) is 22.9 Å². The molecule has 0 unspecified atom stereocenters. The minimum absolute atomic E-state index is 0.00599. The van der Waals surface area contributed by atoms with Crippen LogP contribution in [0.1, 0.15) is 11.3 Å². The van der Waals surface area contributed by atoms with E-state index in [9.17, 15) is 22.8 Å². The first-order valence-electron chi connectivity index (χ1n) is 6.78. The molecule has 0 fully saturated rings. The molecule has 0 saturated heterocycles. The summed E-state index contributed by atoms with van der Waals surface area (Å²) in [5, 5.41) is 9.30. The minimum atomic E-state index is -4.71. The Morgan fingerprint density at radius 1 is 1.28 bits per heavy atom. The van der Waals surface area contributed by atoms with Gasteiger partial charge in [0.05, 0.1) is 23.8 Å². The SMILES string of the molecule is COc1cc(-c2c(C#N)cc(C(F)(F)F)n3ccnc23)c(F)cc1Cl. The van der Waals surface area contributed by atoms with Gasteiger partial charge in [0.15, 0.2) is 0 Å². The lowest BCUT2D eigenvalue weighted by Gasteiger charge is -2.15. The Labute approximate surface area is 143 Å². The summed E-state index contributed by atoms with van der Waals surface area (Å²) in [6.07, 6.45) is -2.48. The molecule has 0 aliphatic carbocycles. The third-order valence-electron chi connectivity index (χ3n) is 3.60. The molecule has 2 aromatic heterocycles. The molecule has 0 N–H and O–H groups in total. The maximum Gasteiger partial charge on any atom is 0.431 e. The Morgan fingerprint density at radius 2 is 2.00 bits per heavy atom. The lowest BCUT2D eigenvalue weighted by Crippen LogP contribution is -2.12. The van der Waals surface area contributed by atoms with Gasteiger partial charge < -0.3 is 4.74 Å². The number of halogens is 5. The van der Waals surface area contributed by atoms with Crippen molar-refractivity contribution < 1.29 is 22.3 Å². The highest BCUT2D eigenvalue weighted by Crippen LogP contribution is 2.39. The van der Waals surface area contributed by atoms with Crippen molar-refractivity contribution in [1.82, 2.24) is 9.38 Å².